The maximum atomic E-state index is 13.4. The molecule has 0 bridgehead atoms. The quantitative estimate of drug-likeness (QED) is 0.366. The van der Waals surface area contributed by atoms with Crippen LogP contribution in [0.3, 0.4) is 0 Å². The Balaban J connectivity index is 1.68. The summed E-state index contributed by atoms with van der Waals surface area (Å²) in [7, 11) is 0. The zero-order valence-electron chi connectivity index (χ0n) is 13.4. The lowest BCUT2D eigenvalue weighted by Crippen LogP contribution is -2.06. The van der Waals surface area contributed by atoms with Gasteiger partial charge < -0.3 is 0 Å². The van der Waals surface area contributed by atoms with Crippen LogP contribution in [0.4, 0.5) is 22.0 Å². The van der Waals surface area contributed by atoms with E-state index in [1.807, 2.05) is 0 Å². The molecule has 140 valence electrons. The summed E-state index contributed by atoms with van der Waals surface area (Å²) < 4.78 is 67.6. The summed E-state index contributed by atoms with van der Waals surface area (Å²) in [6.07, 6.45) is -3.63. The molecule has 0 saturated carbocycles. The van der Waals surface area contributed by atoms with Crippen molar-refractivity contribution in [3.8, 4) is 0 Å². The van der Waals surface area contributed by atoms with Gasteiger partial charge >= 0.3 is 12.7 Å². The van der Waals surface area contributed by atoms with Gasteiger partial charge in [-0.2, -0.15) is 22.0 Å². The number of imidazole rings is 1. The topological polar surface area (TPSA) is 48.0 Å². The van der Waals surface area contributed by atoms with E-state index in [0.29, 0.717) is 5.52 Å². The van der Waals surface area contributed by atoms with Gasteiger partial charge in [0, 0.05) is 6.20 Å². The van der Waals surface area contributed by atoms with Crippen molar-refractivity contribution in [1.82, 2.24) is 24.1 Å². The third kappa shape index (κ3) is 3.22. The first-order valence-electron chi connectivity index (χ1n) is 7.63. The highest BCUT2D eigenvalue weighted by Gasteiger charge is 2.31. The Hall–Kier alpha value is -2.69. The highest BCUT2D eigenvalue weighted by atomic mass is 32.2. The van der Waals surface area contributed by atoms with Crippen LogP contribution in [-0.4, -0.2) is 24.1 Å². The van der Waals surface area contributed by atoms with Crippen molar-refractivity contribution in [3.05, 3.63) is 54.0 Å². The van der Waals surface area contributed by atoms with Crippen LogP contribution in [0.5, 0.6) is 0 Å². The molecule has 0 atom stereocenters. The fourth-order valence-corrected chi connectivity index (χ4v) is 3.52. The van der Waals surface area contributed by atoms with Gasteiger partial charge in [-0.25, -0.2) is 4.98 Å². The number of para-hydroxylation sites is 2. The van der Waals surface area contributed by atoms with E-state index in [1.54, 1.807) is 18.2 Å². The molecule has 0 aliphatic rings. The van der Waals surface area contributed by atoms with Crippen molar-refractivity contribution < 1.29 is 22.0 Å². The predicted molar refractivity (Wildman–Crippen MR) is 88.5 cm³/mol. The highest BCUT2D eigenvalue weighted by molar-refractivity contribution is 7.98. The molecule has 27 heavy (non-hydrogen) atoms. The van der Waals surface area contributed by atoms with Gasteiger partial charge in [0.1, 0.15) is 5.82 Å². The molecule has 0 fully saturated rings. The van der Waals surface area contributed by atoms with Crippen LogP contribution in [0.1, 0.15) is 17.9 Å². The van der Waals surface area contributed by atoms with E-state index in [4.69, 9.17) is 0 Å². The largest absolute Gasteiger partial charge is 0.417 e. The summed E-state index contributed by atoms with van der Waals surface area (Å²) >= 11 is 0.981. The van der Waals surface area contributed by atoms with E-state index in [-0.39, 0.29) is 27.9 Å². The highest BCUT2D eigenvalue weighted by Crippen LogP contribution is 2.31. The number of fused-ring (bicyclic) bond motifs is 2. The lowest BCUT2D eigenvalue weighted by atomic mass is 10.3. The standard InChI is InChI=1S/C16H10F5N5S/c17-14(18)26-11-4-2-1-3-10(11)22-13(26)8-27-15-24-23-12-6-5-9(7-25(12)15)16(19,20)21/h1-7,14H,8H2. The fraction of sp³-hybridized carbons (Fsp3) is 0.188. The Bertz CT molecular complexity index is 1120. The van der Waals surface area contributed by atoms with Gasteiger partial charge in [0.05, 0.1) is 22.3 Å². The maximum Gasteiger partial charge on any atom is 0.417 e. The minimum atomic E-state index is -4.51. The number of nitrogens with zero attached hydrogens (tertiary/aromatic N) is 5. The molecule has 1 aromatic carbocycles. The molecule has 0 radical (unpaired) electrons. The van der Waals surface area contributed by atoms with Gasteiger partial charge in [-0.3, -0.25) is 8.97 Å². The van der Waals surface area contributed by atoms with Crippen molar-refractivity contribution in [2.24, 2.45) is 0 Å². The number of aromatic nitrogens is 5. The van der Waals surface area contributed by atoms with Gasteiger partial charge in [-0.15, -0.1) is 10.2 Å². The Morgan fingerprint density at radius 2 is 1.81 bits per heavy atom. The number of thioether (sulfide) groups is 1. The molecule has 5 nitrogen and oxygen atoms in total. The van der Waals surface area contributed by atoms with E-state index in [1.165, 1.54) is 16.5 Å². The van der Waals surface area contributed by atoms with Gasteiger partial charge in [-0.1, -0.05) is 23.9 Å². The van der Waals surface area contributed by atoms with Gasteiger partial charge in [0.15, 0.2) is 10.8 Å². The molecule has 3 heterocycles. The number of benzene rings is 1. The third-order valence-electron chi connectivity index (χ3n) is 3.89. The molecule has 0 unspecified atom stereocenters. The van der Waals surface area contributed by atoms with E-state index in [9.17, 15) is 22.0 Å². The summed E-state index contributed by atoms with van der Waals surface area (Å²) in [5.41, 5.74) is 0.0803. The average molecular weight is 399 g/mol. The molecule has 0 aliphatic carbocycles. The Kier molecular flexibility index (Phi) is 4.25. The van der Waals surface area contributed by atoms with E-state index in [2.05, 4.69) is 15.2 Å². The van der Waals surface area contributed by atoms with Crippen LogP contribution in [0.15, 0.2) is 47.8 Å². The van der Waals surface area contributed by atoms with Crippen molar-refractivity contribution in [2.45, 2.75) is 23.6 Å². The second-order valence-corrected chi connectivity index (χ2v) is 6.52. The first kappa shape index (κ1) is 17.7. The van der Waals surface area contributed by atoms with Crippen LogP contribution >= 0.6 is 11.8 Å². The zero-order valence-corrected chi connectivity index (χ0v) is 14.2. The summed E-state index contributed by atoms with van der Waals surface area (Å²) in [6, 6.07) is 8.58. The number of hydrogen-bond donors (Lipinski definition) is 0. The SMILES string of the molecule is FC(F)n1c(CSc2nnc3ccc(C(F)(F)F)cn23)nc2ccccc21. The van der Waals surface area contributed by atoms with Crippen LogP contribution in [0.2, 0.25) is 0 Å². The second-order valence-electron chi connectivity index (χ2n) is 5.58. The second kappa shape index (κ2) is 6.48. The molecule has 0 amide bonds. The molecular weight excluding hydrogens is 389 g/mol. The summed E-state index contributed by atoms with van der Waals surface area (Å²) in [5, 5.41) is 7.81. The smallest absolute Gasteiger partial charge is 0.277 e. The fourth-order valence-electron chi connectivity index (χ4n) is 2.68. The summed E-state index contributed by atoms with van der Waals surface area (Å²) in [5.74, 6) is 0.0932. The molecule has 0 aliphatic heterocycles. The Morgan fingerprint density at radius 1 is 1.04 bits per heavy atom. The minimum absolute atomic E-state index is 0.00391. The van der Waals surface area contributed by atoms with E-state index < -0.39 is 18.3 Å². The summed E-state index contributed by atoms with van der Waals surface area (Å²) in [6.45, 7) is -2.79. The lowest BCUT2D eigenvalue weighted by molar-refractivity contribution is -0.137. The Morgan fingerprint density at radius 3 is 2.56 bits per heavy atom. The number of hydrogen-bond acceptors (Lipinski definition) is 4. The molecular formula is C16H10F5N5S. The van der Waals surface area contributed by atoms with Crippen LogP contribution in [0.25, 0.3) is 16.7 Å². The third-order valence-corrected chi connectivity index (χ3v) is 4.83. The average Bonchev–Trinajstić information content (AvgIpc) is 3.19. The predicted octanol–water partition coefficient (Wildman–Crippen LogP) is 4.79. The Labute approximate surface area is 152 Å². The molecule has 3 aromatic heterocycles. The number of pyridine rings is 1. The zero-order chi connectivity index (χ0) is 19.2. The summed E-state index contributed by atoms with van der Waals surface area (Å²) in [4.78, 5) is 4.19. The van der Waals surface area contributed by atoms with Crippen molar-refractivity contribution in [2.75, 3.05) is 0 Å². The van der Waals surface area contributed by atoms with E-state index >= 15 is 0 Å². The van der Waals surface area contributed by atoms with Crippen LogP contribution < -0.4 is 0 Å². The minimum Gasteiger partial charge on any atom is -0.277 e. The van der Waals surface area contributed by atoms with E-state index in [0.717, 1.165) is 28.6 Å². The number of rotatable bonds is 4. The molecule has 11 heteroatoms. The van der Waals surface area contributed by atoms with Gasteiger partial charge in [0.2, 0.25) is 0 Å². The normalized spacial score (nSPS) is 12.5. The molecule has 0 saturated heterocycles. The van der Waals surface area contributed by atoms with Gasteiger partial charge in [0.25, 0.3) is 0 Å². The number of alkyl halides is 5. The first-order valence-corrected chi connectivity index (χ1v) is 8.62. The molecule has 4 rings (SSSR count). The van der Waals surface area contributed by atoms with Crippen molar-refractivity contribution in [3.63, 3.8) is 0 Å². The first-order chi connectivity index (χ1) is 12.8. The van der Waals surface area contributed by atoms with Crippen molar-refractivity contribution in [1.29, 1.82) is 0 Å². The number of halogens is 5. The van der Waals surface area contributed by atoms with Gasteiger partial charge in [-0.05, 0) is 24.3 Å². The van der Waals surface area contributed by atoms with Crippen LogP contribution in [-0.2, 0) is 11.9 Å². The monoisotopic (exact) mass is 399 g/mol. The maximum absolute atomic E-state index is 13.4. The van der Waals surface area contributed by atoms with Crippen LogP contribution in [0, 0.1) is 0 Å². The van der Waals surface area contributed by atoms with Crippen molar-refractivity contribution >= 4 is 28.4 Å². The molecule has 0 N–H and O–H groups in total. The lowest BCUT2D eigenvalue weighted by Gasteiger charge is -2.08. The molecule has 0 spiro atoms. The molecule has 4 aromatic rings.